The third kappa shape index (κ3) is 5.76. The van der Waals surface area contributed by atoms with E-state index in [0.29, 0.717) is 0 Å². The average molecular weight is 651 g/mol. The summed E-state index contributed by atoms with van der Waals surface area (Å²) in [5.41, 5.74) is 13.0. The molecule has 0 amide bonds. The van der Waals surface area contributed by atoms with Gasteiger partial charge in [-0.1, -0.05) is 95.2 Å². The van der Waals surface area contributed by atoms with Crippen molar-refractivity contribution in [2.75, 3.05) is 0 Å². The second-order valence-electron chi connectivity index (χ2n) is 16.0. The van der Waals surface area contributed by atoms with Gasteiger partial charge in [-0.25, -0.2) is 7.05 Å². The van der Waals surface area contributed by atoms with Crippen molar-refractivity contribution < 1.29 is 17.0 Å². The summed E-state index contributed by atoms with van der Waals surface area (Å²) in [6.07, 6.45) is 4.88. The molecule has 2 aromatic carbocycles. The summed E-state index contributed by atoms with van der Waals surface area (Å²) >= 11 is -0.556. The molecule has 0 aromatic heterocycles. The molecule has 0 unspecified atom stereocenters. The van der Waals surface area contributed by atoms with Crippen LogP contribution in [0.4, 0.5) is 0 Å². The van der Waals surface area contributed by atoms with E-state index in [1.807, 2.05) is 0 Å². The number of nitrogens with zero attached hydrogens (tertiary/aromatic N) is 1. The first-order chi connectivity index (χ1) is 18.3. The van der Waals surface area contributed by atoms with Crippen LogP contribution in [0.15, 0.2) is 24.3 Å². The normalized spacial score (nSPS) is 21.1. The molecule has 0 saturated heterocycles. The first kappa shape index (κ1) is 35.4. The number of fused-ring (bicyclic) bond motifs is 5. The minimum atomic E-state index is -2.35. The Bertz CT molecular complexity index is 1250. The molecule has 3 aliphatic rings. The van der Waals surface area contributed by atoms with Crippen LogP contribution in [0, 0.1) is 7.43 Å². The fourth-order valence-corrected chi connectivity index (χ4v) is 11.7. The van der Waals surface area contributed by atoms with Crippen molar-refractivity contribution >= 4 is 25.7 Å². The Morgan fingerprint density at radius 2 is 0.878 bits per heavy atom. The van der Waals surface area contributed by atoms with Gasteiger partial charge in [0.05, 0.1) is 0 Å². The molecule has 0 atom stereocenters. The van der Waals surface area contributed by atoms with Gasteiger partial charge in [0.25, 0.3) is 0 Å². The van der Waals surface area contributed by atoms with E-state index in [4.69, 9.17) is 18.6 Å². The molecule has 5 heteroatoms. The Balaban J connectivity index is 0.00000111. The van der Waals surface area contributed by atoms with Crippen molar-refractivity contribution in [1.29, 1.82) is 0 Å². The zero-order valence-corrected chi connectivity index (χ0v) is 32.0. The summed E-state index contributed by atoms with van der Waals surface area (Å²) in [6, 6.07) is 10.3. The van der Waals surface area contributed by atoms with Crippen LogP contribution in [0.25, 0.3) is 16.3 Å². The molecule has 0 aliphatic heterocycles. The predicted octanol–water partition coefficient (Wildman–Crippen LogP) is 12.9. The summed E-state index contributed by atoms with van der Waals surface area (Å²) < 4.78 is 0. The van der Waals surface area contributed by atoms with Crippen molar-refractivity contribution in [3.05, 3.63) is 70.2 Å². The molecule has 41 heavy (non-hydrogen) atoms. The van der Waals surface area contributed by atoms with E-state index in [1.54, 1.807) is 0 Å². The molecule has 0 fully saturated rings. The van der Waals surface area contributed by atoms with Gasteiger partial charge in [0.2, 0.25) is 0 Å². The molecule has 0 radical (unpaired) electrons. The Kier molecular flexibility index (Phi) is 10.1. The SMILES string of the molecule is CC(C)P(=[N-])(C(C)C)C1c2cc3c(cc2-c2cc4c(cc21)C(C)(C)CCC4(C)C)C(C)(C)CCC3(C)C.[CH3-].[Cl][Ti][Cl]. The van der Waals surface area contributed by atoms with Crippen molar-refractivity contribution in [3.8, 4) is 11.1 Å². The van der Waals surface area contributed by atoms with Gasteiger partial charge < -0.3 is 12.6 Å². The topological polar surface area (TPSA) is 22.3 Å². The molecule has 1 nitrogen and oxygen atoms in total. The van der Waals surface area contributed by atoms with Crippen molar-refractivity contribution in [2.45, 2.75) is 147 Å². The Morgan fingerprint density at radius 1 is 0.634 bits per heavy atom. The summed E-state index contributed by atoms with van der Waals surface area (Å²) in [5.74, 6) is 0. The Labute approximate surface area is 269 Å². The van der Waals surface area contributed by atoms with E-state index in [9.17, 15) is 5.16 Å². The van der Waals surface area contributed by atoms with Crippen molar-refractivity contribution in [2.24, 2.45) is 0 Å². The zero-order valence-electron chi connectivity index (χ0n) is 28.0. The second kappa shape index (κ2) is 11.7. The van der Waals surface area contributed by atoms with Gasteiger partial charge in [-0.05, 0) is 115 Å². The fraction of sp³-hybridized carbons (Fsp3) is 0.639. The van der Waals surface area contributed by atoms with Crippen LogP contribution in [-0.4, -0.2) is 11.3 Å². The zero-order chi connectivity index (χ0) is 30.2. The molecule has 5 rings (SSSR count). The number of hydrogen-bond acceptors (Lipinski definition) is 0. The molecule has 0 N–H and O–H groups in total. The standard InChI is InChI=1S/C35H51NP.CH3.2ClH.Ti/c1-21(2)37(36,22(3)4)31-25-19-29-27(32(5,6)13-15-34(29,9)10)17-23(25)24-18-28-30(20-26(24)31)35(11,12)16-14-33(28,7)8;;;;/h17-22,31H,13-16H2,1-12H3;1H3;2*1H;/q2*-1;;;+2/p-2. The third-order valence-electron chi connectivity index (χ3n) is 11.0. The van der Waals surface area contributed by atoms with E-state index < -0.39 is 24.1 Å². The van der Waals surface area contributed by atoms with Gasteiger partial charge in [0, 0.05) is 5.66 Å². The monoisotopic (exact) mass is 649 g/mol. The third-order valence-corrected chi connectivity index (χ3v) is 15.7. The van der Waals surface area contributed by atoms with Crippen LogP contribution in [0.1, 0.15) is 148 Å². The quantitative estimate of drug-likeness (QED) is 0.179. The molecule has 0 saturated carbocycles. The van der Waals surface area contributed by atoms with Gasteiger partial charge in [-0.15, -0.1) is 0 Å². The van der Waals surface area contributed by atoms with Gasteiger partial charge in [0.1, 0.15) is 0 Å². The van der Waals surface area contributed by atoms with Crippen LogP contribution >= 0.6 is 25.7 Å². The molecule has 3 aliphatic carbocycles. The molecular formula is C36H54Cl2NPTi-2. The number of halogens is 2. The van der Waals surface area contributed by atoms with Crippen molar-refractivity contribution in [3.63, 3.8) is 0 Å². The Morgan fingerprint density at radius 3 is 1.12 bits per heavy atom. The molecule has 0 heterocycles. The second-order valence-corrected chi connectivity index (χ2v) is 22.7. The predicted molar refractivity (Wildman–Crippen MR) is 183 cm³/mol. The van der Waals surface area contributed by atoms with Crippen LogP contribution in [0.2, 0.25) is 0 Å². The first-order valence-electron chi connectivity index (χ1n) is 15.2. The summed E-state index contributed by atoms with van der Waals surface area (Å²) in [4.78, 5) is 0. The van der Waals surface area contributed by atoms with Crippen LogP contribution < -0.4 is 0 Å². The maximum atomic E-state index is 12.7. The number of benzene rings is 2. The van der Waals surface area contributed by atoms with Crippen LogP contribution in [-0.2, 0) is 38.7 Å². The van der Waals surface area contributed by atoms with Crippen molar-refractivity contribution in [1.82, 2.24) is 0 Å². The van der Waals surface area contributed by atoms with E-state index in [0.717, 1.165) is 0 Å². The molecular weight excluding hydrogens is 596 g/mol. The van der Waals surface area contributed by atoms with Gasteiger partial charge in [-0.3, -0.25) is 0 Å². The first-order valence-corrected chi connectivity index (χ1v) is 21.5. The summed E-state index contributed by atoms with van der Waals surface area (Å²) in [6.45, 7) is 28.5. The van der Waals surface area contributed by atoms with Gasteiger partial charge >= 0.3 is 35.6 Å². The fourth-order valence-electron chi connectivity index (χ4n) is 7.99. The van der Waals surface area contributed by atoms with Crippen LogP contribution in [0.3, 0.4) is 0 Å². The van der Waals surface area contributed by atoms with Gasteiger partial charge in [-0.2, -0.15) is 0 Å². The molecule has 228 valence electrons. The Hall–Kier alpha value is -0.0357. The minimum absolute atomic E-state index is 0. The molecule has 2 aromatic rings. The van der Waals surface area contributed by atoms with Crippen LogP contribution in [0.5, 0.6) is 0 Å². The van der Waals surface area contributed by atoms with E-state index in [-0.39, 0.29) is 46.1 Å². The summed E-state index contributed by atoms with van der Waals surface area (Å²) in [7, 11) is 7.43. The molecule has 0 bridgehead atoms. The van der Waals surface area contributed by atoms with E-state index in [2.05, 4.69) is 107 Å². The summed E-state index contributed by atoms with van der Waals surface area (Å²) in [5, 5.41) is 12.7. The molecule has 0 spiro atoms. The average Bonchev–Trinajstić information content (AvgIpc) is 3.16. The van der Waals surface area contributed by atoms with E-state index >= 15 is 0 Å². The van der Waals surface area contributed by atoms with Gasteiger partial charge in [0.15, 0.2) is 0 Å². The maximum absolute atomic E-state index is 12.7. The number of rotatable bonds is 3. The number of hydrogen-bond donors (Lipinski definition) is 0. The van der Waals surface area contributed by atoms with E-state index in [1.165, 1.54) is 70.2 Å².